The molecule has 2 fully saturated rings. The number of benzene rings is 2. The molecule has 2 nitrogen and oxygen atoms in total. The average molecular weight is 311 g/mol. The Morgan fingerprint density at radius 2 is 1.50 bits per heavy atom. The molecule has 0 radical (unpaired) electrons. The zero-order valence-electron chi connectivity index (χ0n) is 12.6. The van der Waals surface area contributed by atoms with Gasteiger partial charge in [0.25, 0.3) is 0 Å². The predicted molar refractivity (Wildman–Crippen MR) is 91.4 cm³/mol. The Labute approximate surface area is 135 Å². The lowest BCUT2D eigenvalue weighted by molar-refractivity contribution is 0.316. The molecule has 4 rings (SSSR count). The van der Waals surface area contributed by atoms with Crippen molar-refractivity contribution in [1.82, 2.24) is 5.32 Å². The van der Waals surface area contributed by atoms with Gasteiger partial charge < -0.3 is 9.87 Å². The molecule has 2 saturated heterocycles. The molecule has 2 aliphatic heterocycles. The highest BCUT2D eigenvalue weighted by Crippen LogP contribution is 2.49. The zero-order valence-corrected chi connectivity index (χ0v) is 13.4. The molecule has 0 saturated carbocycles. The summed E-state index contributed by atoms with van der Waals surface area (Å²) in [5, 5.41) is 3.77. The second kappa shape index (κ2) is 5.73. The van der Waals surface area contributed by atoms with Gasteiger partial charge in [-0.25, -0.2) is 0 Å². The van der Waals surface area contributed by atoms with Gasteiger partial charge in [-0.2, -0.15) is 0 Å². The molecule has 0 bridgehead atoms. The van der Waals surface area contributed by atoms with E-state index in [1.807, 2.05) is 0 Å². The number of hydrogen-bond donors (Lipinski definition) is 1. The summed E-state index contributed by atoms with van der Waals surface area (Å²) in [5.41, 5.74) is 2.73. The van der Waals surface area contributed by atoms with Crippen molar-refractivity contribution >= 4 is 11.2 Å². The average Bonchev–Trinajstić information content (AvgIpc) is 3.08. The van der Waals surface area contributed by atoms with Gasteiger partial charge in [-0.15, -0.1) is 0 Å². The summed E-state index contributed by atoms with van der Waals surface area (Å²) in [6, 6.07) is 21.7. The van der Waals surface area contributed by atoms with E-state index in [4.69, 9.17) is 0 Å². The summed E-state index contributed by atoms with van der Waals surface area (Å²) in [5.74, 6) is 1.21. The SMILES string of the molecule is [O-][S@+]1CCC(c2ccccc2)(c2ccccc2)[C@@H]2CNC[C@@H]21. The molecular formula is C19H21NOS. The molecule has 0 spiro atoms. The van der Waals surface area contributed by atoms with Gasteiger partial charge in [-0.3, -0.25) is 0 Å². The van der Waals surface area contributed by atoms with E-state index in [-0.39, 0.29) is 10.7 Å². The molecule has 2 aliphatic rings. The van der Waals surface area contributed by atoms with Crippen molar-refractivity contribution in [3.8, 4) is 0 Å². The predicted octanol–water partition coefficient (Wildman–Crippen LogP) is 2.71. The van der Waals surface area contributed by atoms with Gasteiger partial charge in [0.05, 0.1) is 0 Å². The molecule has 22 heavy (non-hydrogen) atoms. The normalized spacial score (nSPS) is 30.0. The van der Waals surface area contributed by atoms with E-state index in [9.17, 15) is 4.55 Å². The van der Waals surface area contributed by atoms with Crippen molar-refractivity contribution in [1.29, 1.82) is 0 Å². The maximum atomic E-state index is 12.5. The van der Waals surface area contributed by atoms with Crippen molar-refractivity contribution in [2.75, 3.05) is 18.8 Å². The summed E-state index contributed by atoms with van der Waals surface area (Å²) >= 11 is -0.702. The fourth-order valence-corrected chi connectivity index (χ4v) is 6.20. The fraction of sp³-hybridized carbons (Fsp3) is 0.368. The van der Waals surface area contributed by atoms with Crippen LogP contribution < -0.4 is 5.32 Å². The van der Waals surface area contributed by atoms with E-state index in [1.54, 1.807) is 0 Å². The van der Waals surface area contributed by atoms with Crippen molar-refractivity contribution in [2.24, 2.45) is 5.92 Å². The Kier molecular flexibility index (Phi) is 3.73. The van der Waals surface area contributed by atoms with Crippen LogP contribution in [0.3, 0.4) is 0 Å². The minimum atomic E-state index is -0.702. The number of nitrogens with one attached hydrogen (secondary N) is 1. The Hall–Kier alpha value is -1.29. The molecule has 0 unspecified atom stereocenters. The molecule has 2 heterocycles. The molecule has 0 aromatic heterocycles. The molecule has 3 heteroatoms. The first kappa shape index (κ1) is 14.3. The summed E-state index contributed by atoms with van der Waals surface area (Å²) in [6.07, 6.45) is 0.969. The van der Waals surface area contributed by atoms with E-state index < -0.39 is 11.2 Å². The van der Waals surface area contributed by atoms with Crippen molar-refractivity contribution in [2.45, 2.75) is 17.1 Å². The van der Waals surface area contributed by atoms with E-state index in [0.29, 0.717) is 5.92 Å². The minimum absolute atomic E-state index is 0.00933. The molecule has 114 valence electrons. The third-order valence-corrected chi connectivity index (χ3v) is 7.18. The Bertz CT molecular complexity index is 591. The van der Waals surface area contributed by atoms with Crippen LogP contribution in [0.4, 0.5) is 0 Å². The molecule has 2 aromatic carbocycles. The van der Waals surface area contributed by atoms with E-state index in [0.717, 1.165) is 25.3 Å². The Balaban J connectivity index is 1.90. The van der Waals surface area contributed by atoms with Crippen LogP contribution in [0.25, 0.3) is 0 Å². The molecule has 0 aliphatic carbocycles. The van der Waals surface area contributed by atoms with Crippen molar-refractivity contribution < 1.29 is 4.55 Å². The Morgan fingerprint density at radius 1 is 0.909 bits per heavy atom. The fourth-order valence-electron chi connectivity index (χ4n) is 4.38. The zero-order chi connectivity index (χ0) is 15.0. The van der Waals surface area contributed by atoms with Crippen LogP contribution in [0.15, 0.2) is 60.7 Å². The summed E-state index contributed by atoms with van der Waals surface area (Å²) in [6.45, 7) is 1.85. The van der Waals surface area contributed by atoms with Gasteiger partial charge in [0.2, 0.25) is 0 Å². The van der Waals surface area contributed by atoms with Gasteiger partial charge in [-0.1, -0.05) is 60.7 Å². The van der Waals surface area contributed by atoms with Gasteiger partial charge in [0.15, 0.2) is 0 Å². The number of rotatable bonds is 2. The highest BCUT2D eigenvalue weighted by molar-refractivity contribution is 7.92. The van der Waals surface area contributed by atoms with Crippen LogP contribution in [0.1, 0.15) is 17.5 Å². The minimum Gasteiger partial charge on any atom is -0.616 e. The molecule has 1 N–H and O–H groups in total. The molecule has 2 aromatic rings. The second-order valence-electron chi connectivity index (χ2n) is 6.34. The highest BCUT2D eigenvalue weighted by atomic mass is 32.2. The van der Waals surface area contributed by atoms with E-state index in [2.05, 4.69) is 66.0 Å². The third-order valence-electron chi connectivity index (χ3n) is 5.40. The largest absolute Gasteiger partial charge is 0.616 e. The summed E-state index contributed by atoms with van der Waals surface area (Å²) < 4.78 is 12.5. The smallest absolute Gasteiger partial charge is 0.133 e. The van der Waals surface area contributed by atoms with Gasteiger partial charge in [-0.05, 0) is 22.3 Å². The van der Waals surface area contributed by atoms with Crippen LogP contribution >= 0.6 is 0 Å². The van der Waals surface area contributed by atoms with Crippen LogP contribution in [0.2, 0.25) is 0 Å². The van der Waals surface area contributed by atoms with Crippen LogP contribution in [-0.2, 0) is 16.6 Å². The summed E-state index contributed by atoms with van der Waals surface area (Å²) in [4.78, 5) is 0. The topological polar surface area (TPSA) is 35.1 Å². The number of fused-ring (bicyclic) bond motifs is 1. The molecule has 0 amide bonds. The van der Waals surface area contributed by atoms with E-state index in [1.165, 1.54) is 11.1 Å². The van der Waals surface area contributed by atoms with Crippen LogP contribution in [0, 0.1) is 5.92 Å². The second-order valence-corrected chi connectivity index (χ2v) is 8.12. The van der Waals surface area contributed by atoms with E-state index >= 15 is 0 Å². The first-order chi connectivity index (χ1) is 10.8. The first-order valence-electron chi connectivity index (χ1n) is 8.01. The molecule has 3 atom stereocenters. The lowest BCUT2D eigenvalue weighted by atomic mass is 9.63. The van der Waals surface area contributed by atoms with Crippen molar-refractivity contribution in [3.05, 3.63) is 71.8 Å². The quantitative estimate of drug-likeness (QED) is 0.866. The van der Waals surface area contributed by atoms with Gasteiger partial charge >= 0.3 is 0 Å². The molecular weight excluding hydrogens is 290 g/mol. The maximum Gasteiger partial charge on any atom is 0.133 e. The lowest BCUT2D eigenvalue weighted by Crippen LogP contribution is -2.51. The van der Waals surface area contributed by atoms with Crippen LogP contribution in [0.5, 0.6) is 0 Å². The Morgan fingerprint density at radius 3 is 2.09 bits per heavy atom. The first-order valence-corrected chi connectivity index (χ1v) is 9.39. The monoisotopic (exact) mass is 311 g/mol. The number of hydrogen-bond acceptors (Lipinski definition) is 2. The summed E-state index contributed by atoms with van der Waals surface area (Å²) in [7, 11) is 0. The van der Waals surface area contributed by atoms with Crippen LogP contribution in [-0.4, -0.2) is 28.6 Å². The van der Waals surface area contributed by atoms with Gasteiger partial charge in [0.1, 0.15) is 11.0 Å². The maximum absolute atomic E-state index is 12.5. The van der Waals surface area contributed by atoms with Crippen molar-refractivity contribution in [3.63, 3.8) is 0 Å². The third kappa shape index (κ3) is 2.11. The highest BCUT2D eigenvalue weighted by Gasteiger charge is 2.55. The lowest BCUT2D eigenvalue weighted by Gasteiger charge is -2.46. The standard InChI is InChI=1S/C19H21NOS/c21-22-12-11-19(15-7-3-1-4-8-15,16-9-5-2-6-10-16)17-13-20-14-18(17)22/h1-10,17-18,20H,11-14H2/t17-,18+,22-/m1/s1. The van der Waals surface area contributed by atoms with Gasteiger partial charge in [0, 0.05) is 30.8 Å².